The molecule has 0 bridgehead atoms. The van der Waals surface area contributed by atoms with Gasteiger partial charge in [-0.25, -0.2) is 4.98 Å². The molecule has 0 atom stereocenters. The molecule has 3 aromatic carbocycles. The number of aryl methyl sites for hydroxylation is 2. The third-order valence-corrected chi connectivity index (χ3v) is 7.05. The van der Waals surface area contributed by atoms with E-state index in [2.05, 4.69) is 96.4 Å². The molecule has 0 amide bonds. The van der Waals surface area contributed by atoms with Crippen LogP contribution in [0.3, 0.4) is 0 Å². The largest absolute Gasteiger partial charge is 0.492 e. The van der Waals surface area contributed by atoms with Crippen molar-refractivity contribution in [1.29, 1.82) is 0 Å². The lowest BCUT2D eigenvalue weighted by molar-refractivity contribution is 0.201. The van der Waals surface area contributed by atoms with Gasteiger partial charge >= 0.3 is 0 Å². The molecule has 182 valence electrons. The summed E-state index contributed by atoms with van der Waals surface area (Å²) < 4.78 is 8.18. The van der Waals surface area contributed by atoms with Gasteiger partial charge in [-0.2, -0.15) is 9.61 Å². The lowest BCUT2D eigenvalue weighted by Gasteiger charge is -2.36. The number of fused-ring (bicyclic) bond motifs is 2. The highest BCUT2D eigenvalue weighted by atomic mass is 16.5. The van der Waals surface area contributed by atoms with E-state index >= 15 is 0 Å². The van der Waals surface area contributed by atoms with Crippen LogP contribution in [0.15, 0.2) is 79.0 Å². The van der Waals surface area contributed by atoms with E-state index in [9.17, 15) is 0 Å². The van der Waals surface area contributed by atoms with Gasteiger partial charge in [0.05, 0.1) is 6.20 Å². The van der Waals surface area contributed by atoms with E-state index < -0.39 is 0 Å². The summed E-state index contributed by atoms with van der Waals surface area (Å²) >= 11 is 0. The number of benzene rings is 3. The second-order valence-electron chi connectivity index (χ2n) is 9.57. The number of nitrogens with zero attached hydrogens (tertiary/aromatic N) is 5. The number of hydrogen-bond donors (Lipinski definition) is 0. The van der Waals surface area contributed by atoms with Gasteiger partial charge in [-0.15, -0.1) is 0 Å². The van der Waals surface area contributed by atoms with Crippen LogP contribution in [0.1, 0.15) is 11.3 Å². The molecular weight excluding hydrogens is 446 g/mol. The van der Waals surface area contributed by atoms with E-state index in [1.807, 2.05) is 10.7 Å². The van der Waals surface area contributed by atoms with Gasteiger partial charge < -0.3 is 9.64 Å². The first-order chi connectivity index (χ1) is 17.7. The number of rotatable bonds is 6. The first-order valence-corrected chi connectivity index (χ1v) is 12.7. The average molecular weight is 478 g/mol. The molecule has 6 heteroatoms. The van der Waals surface area contributed by atoms with Crippen molar-refractivity contribution in [3.05, 3.63) is 90.3 Å². The van der Waals surface area contributed by atoms with Crippen LogP contribution in [-0.4, -0.2) is 58.8 Å². The molecule has 0 spiro atoms. The van der Waals surface area contributed by atoms with Crippen molar-refractivity contribution < 1.29 is 4.74 Å². The maximum absolute atomic E-state index is 6.18. The van der Waals surface area contributed by atoms with Crippen molar-refractivity contribution in [1.82, 2.24) is 19.5 Å². The summed E-state index contributed by atoms with van der Waals surface area (Å²) in [6, 6.07) is 25.4. The first-order valence-electron chi connectivity index (χ1n) is 12.7. The van der Waals surface area contributed by atoms with E-state index in [1.54, 1.807) is 0 Å². The Balaban J connectivity index is 1.12. The monoisotopic (exact) mass is 477 g/mol. The SMILES string of the molecule is Cc1ccc(-c2cnn3c(N4CCN(CCOc5cccc6ccccc56)CC4)cc(C)nc23)cc1. The van der Waals surface area contributed by atoms with E-state index in [0.29, 0.717) is 6.61 Å². The highest BCUT2D eigenvalue weighted by Gasteiger charge is 2.21. The van der Waals surface area contributed by atoms with Crippen LogP contribution in [-0.2, 0) is 0 Å². The van der Waals surface area contributed by atoms with Crippen molar-refractivity contribution in [2.45, 2.75) is 13.8 Å². The summed E-state index contributed by atoms with van der Waals surface area (Å²) in [5.74, 6) is 2.08. The molecule has 2 aromatic heterocycles. The summed E-state index contributed by atoms with van der Waals surface area (Å²) in [5.41, 5.74) is 5.40. The molecule has 1 saturated heterocycles. The fourth-order valence-electron chi connectivity index (χ4n) is 5.03. The van der Waals surface area contributed by atoms with E-state index in [-0.39, 0.29) is 0 Å². The molecular formula is C30H31N5O. The normalized spacial score (nSPS) is 14.6. The number of hydrogen-bond acceptors (Lipinski definition) is 5. The summed E-state index contributed by atoms with van der Waals surface area (Å²) in [5, 5.41) is 7.13. The Morgan fingerprint density at radius 1 is 0.861 bits per heavy atom. The molecule has 0 N–H and O–H groups in total. The zero-order chi connectivity index (χ0) is 24.5. The molecule has 1 fully saturated rings. The molecule has 3 heterocycles. The maximum Gasteiger partial charge on any atom is 0.165 e. The zero-order valence-corrected chi connectivity index (χ0v) is 20.9. The predicted molar refractivity (Wildman–Crippen MR) is 146 cm³/mol. The van der Waals surface area contributed by atoms with Gasteiger partial charge in [-0.05, 0) is 30.9 Å². The van der Waals surface area contributed by atoms with Gasteiger partial charge in [0.25, 0.3) is 0 Å². The third-order valence-electron chi connectivity index (χ3n) is 7.05. The lowest BCUT2D eigenvalue weighted by atomic mass is 10.1. The second kappa shape index (κ2) is 9.63. The van der Waals surface area contributed by atoms with Gasteiger partial charge in [0.1, 0.15) is 18.2 Å². The van der Waals surface area contributed by atoms with Gasteiger partial charge in [0.15, 0.2) is 5.65 Å². The predicted octanol–water partition coefficient (Wildman–Crippen LogP) is 5.37. The van der Waals surface area contributed by atoms with Crippen LogP contribution in [0.2, 0.25) is 0 Å². The second-order valence-corrected chi connectivity index (χ2v) is 9.57. The number of aromatic nitrogens is 3. The van der Waals surface area contributed by atoms with Gasteiger partial charge in [-0.1, -0.05) is 66.2 Å². The van der Waals surface area contributed by atoms with Crippen LogP contribution < -0.4 is 9.64 Å². The van der Waals surface area contributed by atoms with Crippen molar-refractivity contribution in [2.24, 2.45) is 0 Å². The van der Waals surface area contributed by atoms with Crippen LogP contribution in [0.5, 0.6) is 5.75 Å². The number of piperazine rings is 1. The smallest absolute Gasteiger partial charge is 0.165 e. The number of anilines is 1. The van der Waals surface area contributed by atoms with Crippen LogP contribution >= 0.6 is 0 Å². The Morgan fingerprint density at radius 2 is 1.64 bits per heavy atom. The minimum absolute atomic E-state index is 0.686. The molecule has 6 nitrogen and oxygen atoms in total. The zero-order valence-electron chi connectivity index (χ0n) is 20.9. The lowest BCUT2D eigenvalue weighted by Crippen LogP contribution is -2.48. The highest BCUT2D eigenvalue weighted by molar-refractivity contribution is 5.88. The molecule has 6 rings (SSSR count). The van der Waals surface area contributed by atoms with Gasteiger partial charge in [0, 0.05) is 55.4 Å². The van der Waals surface area contributed by atoms with Crippen LogP contribution in [0.25, 0.3) is 27.5 Å². The van der Waals surface area contributed by atoms with E-state index in [0.717, 1.165) is 66.8 Å². The summed E-state index contributed by atoms with van der Waals surface area (Å²) in [6.45, 7) is 9.67. The number of ether oxygens (including phenoxy) is 1. The minimum atomic E-state index is 0.686. The average Bonchev–Trinajstić information content (AvgIpc) is 3.33. The van der Waals surface area contributed by atoms with Crippen molar-refractivity contribution >= 4 is 22.2 Å². The van der Waals surface area contributed by atoms with Crippen molar-refractivity contribution in [3.63, 3.8) is 0 Å². The summed E-state index contributed by atoms with van der Waals surface area (Å²) in [4.78, 5) is 9.75. The molecule has 0 radical (unpaired) electrons. The Bertz CT molecular complexity index is 1490. The van der Waals surface area contributed by atoms with Gasteiger partial charge in [0.2, 0.25) is 0 Å². The molecule has 5 aromatic rings. The quantitative estimate of drug-likeness (QED) is 0.329. The Labute approximate surface area is 211 Å². The summed E-state index contributed by atoms with van der Waals surface area (Å²) in [6.07, 6.45) is 1.94. The Morgan fingerprint density at radius 3 is 2.47 bits per heavy atom. The standard InChI is InChI=1S/C30H31N5O/c1-22-10-12-25(13-11-22)27-21-31-35-29(20-23(2)32-30(27)35)34-16-14-33(15-17-34)18-19-36-28-9-5-7-24-6-3-4-8-26(24)28/h3-13,20-21H,14-19H2,1-2H3. The molecule has 0 aliphatic carbocycles. The van der Waals surface area contributed by atoms with Crippen LogP contribution in [0, 0.1) is 13.8 Å². The molecule has 0 saturated carbocycles. The topological polar surface area (TPSA) is 45.9 Å². The first kappa shape index (κ1) is 22.6. The van der Waals surface area contributed by atoms with Crippen molar-refractivity contribution in [2.75, 3.05) is 44.2 Å². The molecule has 1 aliphatic heterocycles. The highest BCUT2D eigenvalue weighted by Crippen LogP contribution is 2.28. The fraction of sp³-hybridized carbons (Fsp3) is 0.267. The third kappa shape index (κ3) is 4.40. The Hall–Kier alpha value is -3.90. The molecule has 36 heavy (non-hydrogen) atoms. The summed E-state index contributed by atoms with van der Waals surface area (Å²) in [7, 11) is 0. The Kier molecular flexibility index (Phi) is 6.03. The van der Waals surface area contributed by atoms with E-state index in [1.165, 1.54) is 16.3 Å². The fourth-order valence-corrected chi connectivity index (χ4v) is 5.03. The van der Waals surface area contributed by atoms with Gasteiger partial charge in [-0.3, -0.25) is 4.90 Å². The minimum Gasteiger partial charge on any atom is -0.492 e. The van der Waals surface area contributed by atoms with E-state index in [4.69, 9.17) is 14.8 Å². The molecule has 0 unspecified atom stereocenters. The molecule has 1 aliphatic rings. The maximum atomic E-state index is 6.18. The van der Waals surface area contributed by atoms with Crippen LogP contribution in [0.4, 0.5) is 5.82 Å². The van der Waals surface area contributed by atoms with Crippen molar-refractivity contribution in [3.8, 4) is 16.9 Å².